The fourth-order valence-corrected chi connectivity index (χ4v) is 4.28. The van der Waals surface area contributed by atoms with Crippen molar-refractivity contribution in [3.05, 3.63) is 107 Å². The first-order chi connectivity index (χ1) is 17.6. The molecule has 1 unspecified atom stereocenters. The minimum atomic E-state index is -0.755. The van der Waals surface area contributed by atoms with Gasteiger partial charge in [0.15, 0.2) is 11.5 Å². The van der Waals surface area contributed by atoms with E-state index in [-0.39, 0.29) is 12.1 Å². The van der Waals surface area contributed by atoms with Crippen LogP contribution >= 0.6 is 0 Å². The molecule has 186 valence electrons. The zero-order chi connectivity index (χ0) is 25.3. The fourth-order valence-electron chi connectivity index (χ4n) is 4.28. The second kappa shape index (κ2) is 12.1. The van der Waals surface area contributed by atoms with Gasteiger partial charge in [-0.05, 0) is 47.9 Å². The molecule has 6 nitrogen and oxygen atoms in total. The van der Waals surface area contributed by atoms with Crippen LogP contribution in [-0.4, -0.2) is 28.3 Å². The Kier molecular flexibility index (Phi) is 8.40. The van der Waals surface area contributed by atoms with Crippen LogP contribution in [0, 0.1) is 0 Å². The molecule has 4 rings (SSSR count). The molecule has 0 radical (unpaired) electrons. The van der Waals surface area contributed by atoms with Crippen LogP contribution in [0.2, 0.25) is 0 Å². The topological polar surface area (TPSA) is 80.0 Å². The van der Waals surface area contributed by atoms with Gasteiger partial charge in [0.2, 0.25) is 0 Å². The van der Waals surface area contributed by atoms with Gasteiger partial charge >= 0.3 is 0 Å². The number of benzene rings is 2. The van der Waals surface area contributed by atoms with Crippen LogP contribution in [0.15, 0.2) is 94.8 Å². The van der Waals surface area contributed by atoms with E-state index in [4.69, 9.17) is 9.15 Å². The number of ketones is 1. The summed E-state index contributed by atoms with van der Waals surface area (Å²) in [7, 11) is 0. The first-order valence-corrected chi connectivity index (χ1v) is 12.3. The third-order valence-corrected chi connectivity index (χ3v) is 6.16. The summed E-state index contributed by atoms with van der Waals surface area (Å²) in [4.78, 5) is 27.8. The molecule has 0 saturated heterocycles. The molecule has 1 amide bonds. The van der Waals surface area contributed by atoms with Crippen molar-refractivity contribution in [2.45, 2.75) is 45.2 Å². The highest BCUT2D eigenvalue weighted by atomic mass is 16.5. The molecule has 0 saturated carbocycles. The number of aliphatic hydroxyl groups excluding tert-OH is 1. The van der Waals surface area contributed by atoms with Crippen molar-refractivity contribution in [3.8, 4) is 5.75 Å². The van der Waals surface area contributed by atoms with E-state index in [1.165, 1.54) is 30.1 Å². The normalized spacial score (nSPS) is 15.8. The SMILES string of the molecule is CCCCCCOc1ccc(C2C(C(=O)C=Cc3ccccc3)=C(O)C(=O)N2Cc2ccco2)cc1. The van der Waals surface area contributed by atoms with E-state index in [0.717, 1.165) is 24.2 Å². The smallest absolute Gasteiger partial charge is 0.290 e. The lowest BCUT2D eigenvalue weighted by molar-refractivity contribution is -0.130. The number of furan rings is 1. The van der Waals surface area contributed by atoms with Gasteiger partial charge in [-0.2, -0.15) is 0 Å². The maximum Gasteiger partial charge on any atom is 0.290 e. The van der Waals surface area contributed by atoms with Gasteiger partial charge in [-0.1, -0.05) is 74.7 Å². The number of hydrogen-bond acceptors (Lipinski definition) is 5. The number of nitrogens with zero attached hydrogens (tertiary/aromatic N) is 1. The lowest BCUT2D eigenvalue weighted by Crippen LogP contribution is -2.30. The number of allylic oxidation sites excluding steroid dienone is 1. The number of hydrogen-bond donors (Lipinski definition) is 1. The van der Waals surface area contributed by atoms with E-state index in [1.807, 2.05) is 54.6 Å². The summed E-state index contributed by atoms with van der Waals surface area (Å²) in [6.45, 7) is 2.93. The number of amides is 1. The Balaban J connectivity index is 1.59. The summed E-state index contributed by atoms with van der Waals surface area (Å²) in [6.07, 6.45) is 9.08. The van der Waals surface area contributed by atoms with Crippen molar-refractivity contribution in [1.29, 1.82) is 0 Å². The predicted octanol–water partition coefficient (Wildman–Crippen LogP) is 6.42. The highest BCUT2D eigenvalue weighted by Gasteiger charge is 2.43. The van der Waals surface area contributed by atoms with Crippen LogP contribution < -0.4 is 4.74 Å². The van der Waals surface area contributed by atoms with E-state index >= 15 is 0 Å². The second-order valence-corrected chi connectivity index (χ2v) is 8.76. The summed E-state index contributed by atoms with van der Waals surface area (Å²) in [5.74, 6) is -0.286. The van der Waals surface area contributed by atoms with E-state index in [2.05, 4.69) is 6.92 Å². The van der Waals surface area contributed by atoms with Crippen LogP contribution in [-0.2, 0) is 16.1 Å². The molecule has 1 N–H and O–H groups in total. The molecule has 1 aliphatic heterocycles. The van der Waals surface area contributed by atoms with Crippen molar-refractivity contribution < 1.29 is 23.8 Å². The minimum Gasteiger partial charge on any atom is -0.503 e. The Morgan fingerprint density at radius 2 is 1.81 bits per heavy atom. The van der Waals surface area contributed by atoms with Gasteiger partial charge in [-0.15, -0.1) is 0 Å². The number of rotatable bonds is 12. The molecule has 1 atom stereocenters. The Bertz CT molecular complexity index is 1210. The summed E-state index contributed by atoms with van der Waals surface area (Å²) < 4.78 is 11.3. The van der Waals surface area contributed by atoms with Crippen molar-refractivity contribution in [2.75, 3.05) is 6.61 Å². The Labute approximate surface area is 211 Å². The molecule has 0 fully saturated rings. The van der Waals surface area contributed by atoms with Gasteiger partial charge in [0.25, 0.3) is 5.91 Å². The maximum atomic E-state index is 13.3. The molecular weight excluding hydrogens is 454 g/mol. The van der Waals surface area contributed by atoms with Crippen molar-refractivity contribution in [2.24, 2.45) is 0 Å². The van der Waals surface area contributed by atoms with Gasteiger partial charge < -0.3 is 19.2 Å². The molecule has 3 aromatic rings. The quantitative estimate of drug-likeness (QED) is 0.237. The number of carbonyl (C=O) groups excluding carboxylic acids is 2. The molecule has 0 bridgehead atoms. The van der Waals surface area contributed by atoms with Crippen LogP contribution in [0.3, 0.4) is 0 Å². The fraction of sp³-hybridized carbons (Fsp3) is 0.267. The maximum absolute atomic E-state index is 13.3. The second-order valence-electron chi connectivity index (χ2n) is 8.76. The lowest BCUT2D eigenvalue weighted by atomic mass is 9.95. The lowest BCUT2D eigenvalue weighted by Gasteiger charge is -2.26. The molecule has 6 heteroatoms. The van der Waals surface area contributed by atoms with E-state index in [9.17, 15) is 14.7 Å². The first kappa shape index (κ1) is 25.0. The molecule has 0 aliphatic carbocycles. The highest BCUT2D eigenvalue weighted by Crippen LogP contribution is 2.39. The van der Waals surface area contributed by atoms with Gasteiger partial charge in [-0.3, -0.25) is 9.59 Å². The van der Waals surface area contributed by atoms with Crippen molar-refractivity contribution in [1.82, 2.24) is 4.90 Å². The molecular formula is C30H31NO5. The molecule has 36 heavy (non-hydrogen) atoms. The molecule has 0 spiro atoms. The summed E-state index contributed by atoms with van der Waals surface area (Å²) in [5, 5.41) is 10.8. The van der Waals surface area contributed by atoms with Crippen LogP contribution in [0.25, 0.3) is 6.08 Å². The summed E-state index contributed by atoms with van der Waals surface area (Å²) in [6, 6.07) is 19.5. The largest absolute Gasteiger partial charge is 0.503 e. The minimum absolute atomic E-state index is 0.0481. The van der Waals surface area contributed by atoms with E-state index in [1.54, 1.807) is 18.2 Å². The molecule has 2 aromatic carbocycles. The van der Waals surface area contributed by atoms with Crippen LogP contribution in [0.5, 0.6) is 5.75 Å². The number of unbranched alkanes of at least 4 members (excludes halogenated alkanes) is 3. The standard InChI is InChI=1S/C30H31NO5/c1-2-3-4-8-19-35-24-16-14-23(15-17-24)28-27(26(32)18-13-22-10-6-5-7-11-22)29(33)30(34)31(28)21-25-12-9-20-36-25/h5-7,9-18,20,28,33H,2-4,8,19,21H2,1H3. The van der Waals surface area contributed by atoms with Crippen molar-refractivity contribution >= 4 is 17.8 Å². The number of ether oxygens (including phenoxy) is 1. The molecule has 2 heterocycles. The summed E-state index contributed by atoms with van der Waals surface area (Å²) >= 11 is 0. The van der Waals surface area contributed by atoms with Gasteiger partial charge in [0.05, 0.1) is 31.0 Å². The third kappa shape index (κ3) is 5.95. The Morgan fingerprint density at radius 1 is 1.03 bits per heavy atom. The summed E-state index contributed by atoms with van der Waals surface area (Å²) in [5.41, 5.74) is 1.60. The zero-order valence-corrected chi connectivity index (χ0v) is 20.4. The first-order valence-electron chi connectivity index (χ1n) is 12.3. The van der Waals surface area contributed by atoms with Gasteiger partial charge in [0.1, 0.15) is 11.5 Å². The van der Waals surface area contributed by atoms with Crippen molar-refractivity contribution in [3.63, 3.8) is 0 Å². The predicted molar refractivity (Wildman–Crippen MR) is 138 cm³/mol. The zero-order valence-electron chi connectivity index (χ0n) is 20.4. The average Bonchev–Trinajstić information content (AvgIpc) is 3.51. The van der Waals surface area contributed by atoms with Crippen LogP contribution in [0.1, 0.15) is 55.5 Å². The van der Waals surface area contributed by atoms with Crippen LogP contribution in [0.4, 0.5) is 0 Å². The third-order valence-electron chi connectivity index (χ3n) is 6.16. The Morgan fingerprint density at radius 3 is 2.50 bits per heavy atom. The monoisotopic (exact) mass is 485 g/mol. The molecule has 1 aliphatic rings. The van der Waals surface area contributed by atoms with E-state index < -0.39 is 23.5 Å². The number of aliphatic hydroxyl groups is 1. The average molecular weight is 486 g/mol. The van der Waals surface area contributed by atoms with Gasteiger partial charge in [-0.25, -0.2) is 0 Å². The van der Waals surface area contributed by atoms with E-state index in [0.29, 0.717) is 17.9 Å². The highest BCUT2D eigenvalue weighted by molar-refractivity contribution is 6.14. The molecule has 1 aromatic heterocycles. The van der Waals surface area contributed by atoms with Gasteiger partial charge in [0, 0.05) is 0 Å². The Hall–Kier alpha value is -4.06. The number of carbonyl (C=O) groups is 2.